The maximum atomic E-state index is 12.3. The number of rotatable bonds is 1. The molecule has 1 aliphatic heterocycles. The molecule has 2 atom stereocenters. The number of nitrogens with one attached hydrogen (secondary N) is 1. The first-order valence-electron chi connectivity index (χ1n) is 6.84. The van der Waals surface area contributed by atoms with Gasteiger partial charge >= 0.3 is 0 Å². The van der Waals surface area contributed by atoms with Gasteiger partial charge in [0.1, 0.15) is 11.5 Å². The van der Waals surface area contributed by atoms with Crippen molar-refractivity contribution < 1.29 is 4.79 Å². The summed E-state index contributed by atoms with van der Waals surface area (Å²) in [5.74, 6) is 1.97. The number of hydrogen-bond donors (Lipinski definition) is 2. The summed E-state index contributed by atoms with van der Waals surface area (Å²) in [6.45, 7) is 1.78. The third kappa shape index (κ3) is 2.09. The van der Waals surface area contributed by atoms with Crippen LogP contribution in [-0.4, -0.2) is 34.1 Å². The van der Waals surface area contributed by atoms with Crippen LogP contribution < -0.4 is 5.73 Å². The number of nitrogens with two attached hydrogens (primary N) is 1. The van der Waals surface area contributed by atoms with E-state index in [2.05, 4.69) is 10.2 Å². The third-order valence-electron chi connectivity index (χ3n) is 4.41. The Morgan fingerprint density at radius 3 is 2.83 bits per heavy atom. The van der Waals surface area contributed by atoms with E-state index in [0.29, 0.717) is 17.4 Å². The summed E-state index contributed by atoms with van der Waals surface area (Å²) in [6, 6.07) is 1.62. The van der Waals surface area contributed by atoms with Crippen LogP contribution in [0.2, 0.25) is 0 Å². The van der Waals surface area contributed by atoms with Crippen molar-refractivity contribution in [3.63, 3.8) is 0 Å². The van der Waals surface area contributed by atoms with Gasteiger partial charge in [-0.15, -0.1) is 0 Å². The minimum atomic E-state index is 0.0447. The number of hydrogen-bond acceptors (Lipinski definition) is 3. The van der Waals surface area contributed by atoms with Crippen LogP contribution >= 0.6 is 0 Å². The van der Waals surface area contributed by atoms with Crippen molar-refractivity contribution >= 4 is 11.7 Å². The van der Waals surface area contributed by atoms with E-state index in [1.165, 1.54) is 25.7 Å². The number of nitrogens with zero attached hydrogens (tertiary/aromatic N) is 2. The van der Waals surface area contributed by atoms with Gasteiger partial charge in [0.2, 0.25) is 0 Å². The minimum absolute atomic E-state index is 0.0447. The summed E-state index contributed by atoms with van der Waals surface area (Å²) in [4.78, 5) is 14.2. The molecule has 2 heterocycles. The molecule has 2 unspecified atom stereocenters. The van der Waals surface area contributed by atoms with Crippen molar-refractivity contribution in [2.24, 2.45) is 11.8 Å². The Morgan fingerprint density at radius 1 is 1.33 bits per heavy atom. The first-order valence-corrected chi connectivity index (χ1v) is 6.84. The topological polar surface area (TPSA) is 75.0 Å². The number of likely N-dealkylation sites (tertiary alicyclic amines) is 1. The molecule has 1 aliphatic carbocycles. The van der Waals surface area contributed by atoms with Crippen molar-refractivity contribution in [2.45, 2.75) is 32.1 Å². The van der Waals surface area contributed by atoms with E-state index >= 15 is 0 Å². The van der Waals surface area contributed by atoms with Gasteiger partial charge in [0, 0.05) is 19.2 Å². The fourth-order valence-electron chi connectivity index (χ4n) is 3.40. The molecule has 0 spiro atoms. The largest absolute Gasteiger partial charge is 0.382 e. The summed E-state index contributed by atoms with van der Waals surface area (Å²) in [6.07, 6.45) is 6.47. The Kier molecular flexibility index (Phi) is 2.97. The highest BCUT2D eigenvalue weighted by Crippen LogP contribution is 2.36. The van der Waals surface area contributed by atoms with Gasteiger partial charge in [-0.05, 0) is 24.7 Å². The van der Waals surface area contributed by atoms with Gasteiger partial charge in [-0.2, -0.15) is 5.10 Å². The average molecular weight is 248 g/mol. The van der Waals surface area contributed by atoms with Gasteiger partial charge in [0.25, 0.3) is 5.91 Å². The molecule has 1 aromatic rings. The lowest BCUT2D eigenvalue weighted by Gasteiger charge is -2.41. The monoisotopic (exact) mass is 248 g/mol. The van der Waals surface area contributed by atoms with Crippen LogP contribution in [0.15, 0.2) is 6.07 Å². The van der Waals surface area contributed by atoms with Gasteiger partial charge in [-0.3, -0.25) is 9.89 Å². The molecule has 3 rings (SSSR count). The Bertz CT molecular complexity index is 442. The van der Waals surface area contributed by atoms with E-state index in [0.717, 1.165) is 25.4 Å². The molecule has 1 aromatic heterocycles. The highest BCUT2D eigenvalue weighted by molar-refractivity contribution is 5.93. The summed E-state index contributed by atoms with van der Waals surface area (Å²) in [7, 11) is 0. The second-order valence-electron chi connectivity index (χ2n) is 5.55. The second kappa shape index (κ2) is 4.63. The summed E-state index contributed by atoms with van der Waals surface area (Å²) < 4.78 is 0. The maximum Gasteiger partial charge on any atom is 0.271 e. The predicted molar refractivity (Wildman–Crippen MR) is 69.0 cm³/mol. The number of piperidine rings is 1. The number of aromatic nitrogens is 2. The van der Waals surface area contributed by atoms with Crippen molar-refractivity contribution in [3.8, 4) is 0 Å². The number of nitrogen functional groups attached to an aromatic ring is 1. The van der Waals surface area contributed by atoms with E-state index in [-0.39, 0.29) is 5.91 Å². The quantitative estimate of drug-likeness (QED) is 0.793. The highest BCUT2D eigenvalue weighted by atomic mass is 16.2. The number of fused-ring (bicyclic) bond motifs is 1. The van der Waals surface area contributed by atoms with Crippen molar-refractivity contribution in [1.29, 1.82) is 0 Å². The lowest BCUT2D eigenvalue weighted by atomic mass is 9.75. The van der Waals surface area contributed by atoms with Crippen LogP contribution in [0, 0.1) is 11.8 Å². The predicted octanol–water partition coefficient (Wildman–Crippen LogP) is 1.64. The van der Waals surface area contributed by atoms with Crippen molar-refractivity contribution in [1.82, 2.24) is 15.1 Å². The molecule has 2 aliphatic rings. The van der Waals surface area contributed by atoms with E-state index in [1.54, 1.807) is 6.07 Å². The zero-order valence-electron chi connectivity index (χ0n) is 10.6. The molecule has 0 bridgehead atoms. The number of H-pyrrole nitrogens is 1. The smallest absolute Gasteiger partial charge is 0.271 e. The molecule has 2 fully saturated rings. The molecular formula is C13H20N4O. The average Bonchev–Trinajstić information content (AvgIpc) is 2.84. The zero-order valence-corrected chi connectivity index (χ0v) is 10.6. The summed E-state index contributed by atoms with van der Waals surface area (Å²) in [5.41, 5.74) is 6.05. The number of carbonyl (C=O) groups excluding carboxylic acids is 1. The van der Waals surface area contributed by atoms with E-state index in [4.69, 9.17) is 5.73 Å². The molecule has 98 valence electrons. The van der Waals surface area contributed by atoms with E-state index in [9.17, 15) is 4.79 Å². The number of anilines is 1. The van der Waals surface area contributed by atoms with Crippen LogP contribution in [0.5, 0.6) is 0 Å². The van der Waals surface area contributed by atoms with Gasteiger partial charge < -0.3 is 10.6 Å². The molecule has 5 nitrogen and oxygen atoms in total. The molecule has 0 radical (unpaired) electrons. The highest BCUT2D eigenvalue weighted by Gasteiger charge is 2.33. The van der Waals surface area contributed by atoms with Crippen LogP contribution in [0.25, 0.3) is 0 Å². The molecule has 1 saturated heterocycles. The fourth-order valence-corrected chi connectivity index (χ4v) is 3.40. The summed E-state index contributed by atoms with van der Waals surface area (Å²) in [5, 5.41) is 6.53. The van der Waals surface area contributed by atoms with Gasteiger partial charge in [-0.25, -0.2) is 0 Å². The Morgan fingerprint density at radius 2 is 2.11 bits per heavy atom. The summed E-state index contributed by atoms with van der Waals surface area (Å²) >= 11 is 0. The van der Waals surface area contributed by atoms with Gasteiger partial charge in [-0.1, -0.05) is 19.3 Å². The minimum Gasteiger partial charge on any atom is -0.382 e. The lowest BCUT2D eigenvalue weighted by molar-refractivity contribution is 0.0515. The number of carbonyl (C=O) groups is 1. The SMILES string of the molecule is Nc1cc(C(=O)N2CCC3CCCCC3C2)[nH]n1. The Labute approximate surface area is 107 Å². The van der Waals surface area contributed by atoms with E-state index in [1.807, 2.05) is 4.90 Å². The maximum absolute atomic E-state index is 12.3. The lowest BCUT2D eigenvalue weighted by Crippen LogP contribution is -2.44. The second-order valence-corrected chi connectivity index (χ2v) is 5.55. The Hall–Kier alpha value is -1.52. The van der Waals surface area contributed by atoms with Crippen LogP contribution in [0.1, 0.15) is 42.6 Å². The van der Waals surface area contributed by atoms with Gasteiger partial charge in [0.05, 0.1) is 0 Å². The van der Waals surface area contributed by atoms with Crippen molar-refractivity contribution in [2.75, 3.05) is 18.8 Å². The number of amides is 1. The molecular weight excluding hydrogens is 228 g/mol. The standard InChI is InChI=1S/C13H20N4O/c14-12-7-11(15-16-12)13(18)17-6-5-9-3-1-2-4-10(9)8-17/h7,9-10H,1-6,8H2,(H3,14,15,16). The normalized spacial score (nSPS) is 27.9. The molecule has 3 N–H and O–H groups in total. The Balaban J connectivity index is 1.68. The van der Waals surface area contributed by atoms with Crippen molar-refractivity contribution in [3.05, 3.63) is 11.8 Å². The fraction of sp³-hybridized carbons (Fsp3) is 0.692. The van der Waals surface area contributed by atoms with Crippen LogP contribution in [-0.2, 0) is 0 Å². The molecule has 18 heavy (non-hydrogen) atoms. The zero-order chi connectivity index (χ0) is 12.5. The number of aromatic amines is 1. The third-order valence-corrected chi connectivity index (χ3v) is 4.41. The first kappa shape index (κ1) is 11.6. The van der Waals surface area contributed by atoms with Crippen LogP contribution in [0.4, 0.5) is 5.82 Å². The van der Waals surface area contributed by atoms with Crippen LogP contribution in [0.3, 0.4) is 0 Å². The first-order chi connectivity index (χ1) is 8.74. The molecule has 5 heteroatoms. The molecule has 1 amide bonds. The van der Waals surface area contributed by atoms with Gasteiger partial charge in [0.15, 0.2) is 0 Å². The van der Waals surface area contributed by atoms with E-state index < -0.39 is 0 Å². The molecule has 1 saturated carbocycles. The molecule has 0 aromatic carbocycles.